The first kappa shape index (κ1) is 20.3. The molecule has 2 rings (SSSR count). The summed E-state index contributed by atoms with van der Waals surface area (Å²) < 4.78 is 5.47. The number of benzene rings is 1. The average molecular weight is 361 g/mol. The number of carbonyl (C=O) groups is 2. The summed E-state index contributed by atoms with van der Waals surface area (Å²) >= 11 is 0. The first-order chi connectivity index (χ1) is 12.6. The van der Waals surface area contributed by atoms with Crippen LogP contribution in [0.25, 0.3) is 0 Å². The van der Waals surface area contributed by atoms with Gasteiger partial charge >= 0.3 is 5.97 Å². The van der Waals surface area contributed by atoms with Gasteiger partial charge in [-0.05, 0) is 69.1 Å². The van der Waals surface area contributed by atoms with Gasteiger partial charge in [0.1, 0.15) is 5.75 Å². The Labute approximate surface area is 156 Å². The topological polar surface area (TPSA) is 66.8 Å². The third kappa shape index (κ3) is 7.06. The fraction of sp³-hybridized carbons (Fsp3) is 0.619. The molecule has 1 aliphatic rings. The molecule has 1 amide bonds. The molecule has 1 saturated heterocycles. The average Bonchev–Trinajstić information content (AvgIpc) is 2.65. The minimum Gasteiger partial charge on any atom is -0.494 e. The van der Waals surface area contributed by atoms with Crippen molar-refractivity contribution in [3.63, 3.8) is 0 Å². The van der Waals surface area contributed by atoms with E-state index in [1.54, 1.807) is 0 Å². The first-order valence-electron chi connectivity index (χ1n) is 9.79. The van der Waals surface area contributed by atoms with Gasteiger partial charge in [-0.15, -0.1) is 0 Å². The third-order valence-corrected chi connectivity index (χ3v) is 5.07. The molecule has 0 radical (unpaired) electrons. The second-order valence-electron chi connectivity index (χ2n) is 7.04. The molecule has 1 heterocycles. The fourth-order valence-electron chi connectivity index (χ4n) is 3.47. The van der Waals surface area contributed by atoms with Crippen LogP contribution in [-0.4, -0.2) is 41.6 Å². The number of carbonyl (C=O) groups excluding carboxylic acids is 1. The van der Waals surface area contributed by atoms with Gasteiger partial charge in [-0.2, -0.15) is 0 Å². The number of unbranched alkanes of at least 4 members (excludes halogenated alkanes) is 1. The van der Waals surface area contributed by atoms with E-state index < -0.39 is 5.97 Å². The minimum atomic E-state index is -0.786. The molecule has 0 bridgehead atoms. The molecule has 0 spiro atoms. The number of carboxylic acid groups (broad SMARTS) is 1. The number of carboxylic acids is 1. The number of aryl methyl sites for hydroxylation is 1. The monoisotopic (exact) mass is 361 g/mol. The number of nitrogens with zero attached hydrogens (tertiary/aromatic N) is 1. The van der Waals surface area contributed by atoms with Crippen molar-refractivity contribution >= 4 is 11.9 Å². The van der Waals surface area contributed by atoms with E-state index >= 15 is 0 Å². The van der Waals surface area contributed by atoms with Crippen molar-refractivity contribution in [1.29, 1.82) is 0 Å². The Morgan fingerprint density at radius 1 is 1.12 bits per heavy atom. The number of ether oxygens (including phenoxy) is 1. The number of aliphatic carboxylic acids is 1. The largest absolute Gasteiger partial charge is 0.494 e. The van der Waals surface area contributed by atoms with Crippen LogP contribution in [0.4, 0.5) is 0 Å². The molecule has 1 aliphatic heterocycles. The van der Waals surface area contributed by atoms with Crippen molar-refractivity contribution in [1.82, 2.24) is 4.90 Å². The molecule has 5 nitrogen and oxygen atoms in total. The predicted octanol–water partition coefficient (Wildman–Crippen LogP) is 3.90. The predicted molar refractivity (Wildman–Crippen MR) is 101 cm³/mol. The van der Waals surface area contributed by atoms with E-state index in [-0.39, 0.29) is 12.3 Å². The number of likely N-dealkylation sites (tertiary alicyclic amines) is 1. The van der Waals surface area contributed by atoms with Gasteiger partial charge in [0.2, 0.25) is 5.91 Å². The molecular formula is C21H31NO4. The lowest BCUT2D eigenvalue weighted by atomic mass is 9.90. The molecule has 1 aromatic rings. The number of hydrogen-bond donors (Lipinski definition) is 1. The van der Waals surface area contributed by atoms with Crippen molar-refractivity contribution in [3.8, 4) is 5.75 Å². The van der Waals surface area contributed by atoms with Gasteiger partial charge < -0.3 is 14.7 Å². The SMILES string of the molecule is CCOc1ccc(CCC2CCN(C(=O)CCCCC(=O)O)CC2)cc1. The highest BCUT2D eigenvalue weighted by molar-refractivity contribution is 5.76. The van der Waals surface area contributed by atoms with Gasteiger partial charge in [0, 0.05) is 25.9 Å². The van der Waals surface area contributed by atoms with Crippen LogP contribution in [0.5, 0.6) is 5.75 Å². The highest BCUT2D eigenvalue weighted by Gasteiger charge is 2.22. The molecule has 1 fully saturated rings. The highest BCUT2D eigenvalue weighted by Crippen LogP contribution is 2.24. The van der Waals surface area contributed by atoms with Crippen molar-refractivity contribution in [2.75, 3.05) is 19.7 Å². The molecule has 0 saturated carbocycles. The van der Waals surface area contributed by atoms with E-state index in [9.17, 15) is 9.59 Å². The zero-order valence-corrected chi connectivity index (χ0v) is 15.8. The quantitative estimate of drug-likeness (QED) is 0.642. The van der Waals surface area contributed by atoms with Crippen molar-refractivity contribution < 1.29 is 19.4 Å². The van der Waals surface area contributed by atoms with Crippen LogP contribution < -0.4 is 4.74 Å². The maximum absolute atomic E-state index is 12.2. The summed E-state index contributed by atoms with van der Waals surface area (Å²) in [6, 6.07) is 8.34. The first-order valence-corrected chi connectivity index (χ1v) is 9.79. The Morgan fingerprint density at radius 2 is 1.77 bits per heavy atom. The summed E-state index contributed by atoms with van der Waals surface area (Å²) in [5.41, 5.74) is 1.34. The summed E-state index contributed by atoms with van der Waals surface area (Å²) in [5, 5.41) is 8.63. The van der Waals surface area contributed by atoms with Crippen LogP contribution in [0.3, 0.4) is 0 Å². The standard InChI is InChI=1S/C21H31NO4/c1-2-26-19-11-9-17(10-12-19)7-8-18-13-15-22(16-14-18)20(23)5-3-4-6-21(24)25/h9-12,18H,2-8,13-16H2,1H3,(H,24,25). The van der Waals surface area contributed by atoms with Crippen LogP contribution in [0, 0.1) is 5.92 Å². The van der Waals surface area contributed by atoms with Gasteiger partial charge in [0.15, 0.2) is 0 Å². The van der Waals surface area contributed by atoms with E-state index in [1.165, 1.54) is 5.56 Å². The van der Waals surface area contributed by atoms with Crippen molar-refractivity contribution in [3.05, 3.63) is 29.8 Å². The van der Waals surface area contributed by atoms with E-state index in [0.29, 0.717) is 31.8 Å². The lowest BCUT2D eigenvalue weighted by molar-refractivity contribution is -0.137. The second kappa shape index (κ2) is 10.8. The Balaban J connectivity index is 1.63. The molecular weight excluding hydrogens is 330 g/mol. The van der Waals surface area contributed by atoms with Gasteiger partial charge in [0.05, 0.1) is 6.61 Å². The minimum absolute atomic E-state index is 0.154. The van der Waals surface area contributed by atoms with Crippen LogP contribution in [-0.2, 0) is 16.0 Å². The zero-order chi connectivity index (χ0) is 18.8. The van der Waals surface area contributed by atoms with Gasteiger partial charge in [-0.3, -0.25) is 9.59 Å². The number of rotatable bonds is 10. The van der Waals surface area contributed by atoms with E-state index in [4.69, 9.17) is 9.84 Å². The fourth-order valence-corrected chi connectivity index (χ4v) is 3.47. The maximum atomic E-state index is 12.2. The molecule has 26 heavy (non-hydrogen) atoms. The summed E-state index contributed by atoms with van der Waals surface area (Å²) in [6.07, 6.45) is 6.25. The van der Waals surface area contributed by atoms with Gasteiger partial charge in [0.25, 0.3) is 0 Å². The zero-order valence-electron chi connectivity index (χ0n) is 15.8. The molecule has 0 unspecified atom stereocenters. The molecule has 144 valence electrons. The summed E-state index contributed by atoms with van der Waals surface area (Å²) in [7, 11) is 0. The molecule has 0 aromatic heterocycles. The summed E-state index contributed by atoms with van der Waals surface area (Å²) in [6.45, 7) is 4.36. The van der Waals surface area contributed by atoms with E-state index in [1.807, 2.05) is 24.0 Å². The summed E-state index contributed by atoms with van der Waals surface area (Å²) in [4.78, 5) is 24.6. The van der Waals surface area contributed by atoms with Crippen LogP contribution in [0.1, 0.15) is 57.4 Å². The number of hydrogen-bond acceptors (Lipinski definition) is 3. The van der Waals surface area contributed by atoms with Crippen LogP contribution >= 0.6 is 0 Å². The number of amides is 1. The number of piperidine rings is 1. The molecule has 0 aliphatic carbocycles. The van der Waals surface area contributed by atoms with Gasteiger partial charge in [-0.25, -0.2) is 0 Å². The lowest BCUT2D eigenvalue weighted by Gasteiger charge is -2.32. The second-order valence-corrected chi connectivity index (χ2v) is 7.04. The highest BCUT2D eigenvalue weighted by atomic mass is 16.5. The van der Waals surface area contributed by atoms with E-state index in [0.717, 1.165) is 44.5 Å². The molecule has 0 atom stereocenters. The molecule has 5 heteroatoms. The normalized spacial score (nSPS) is 15.0. The lowest BCUT2D eigenvalue weighted by Crippen LogP contribution is -2.38. The van der Waals surface area contributed by atoms with E-state index in [2.05, 4.69) is 12.1 Å². The summed E-state index contributed by atoms with van der Waals surface area (Å²) in [5.74, 6) is 0.996. The maximum Gasteiger partial charge on any atom is 0.303 e. The van der Waals surface area contributed by atoms with Crippen molar-refractivity contribution in [2.24, 2.45) is 5.92 Å². The Morgan fingerprint density at radius 3 is 2.38 bits per heavy atom. The van der Waals surface area contributed by atoms with Crippen LogP contribution in [0.15, 0.2) is 24.3 Å². The molecule has 1 aromatic carbocycles. The van der Waals surface area contributed by atoms with Crippen LogP contribution in [0.2, 0.25) is 0 Å². The van der Waals surface area contributed by atoms with Crippen molar-refractivity contribution in [2.45, 2.75) is 58.3 Å². The third-order valence-electron chi connectivity index (χ3n) is 5.07. The smallest absolute Gasteiger partial charge is 0.303 e. The Bertz CT molecular complexity index is 562. The Kier molecular flexibility index (Phi) is 8.45. The molecule has 1 N–H and O–H groups in total. The van der Waals surface area contributed by atoms with Gasteiger partial charge in [-0.1, -0.05) is 12.1 Å². The Hall–Kier alpha value is -2.04.